The minimum absolute atomic E-state index is 0.156. The molecule has 2 heterocycles. The predicted octanol–water partition coefficient (Wildman–Crippen LogP) is 1.16. The van der Waals surface area contributed by atoms with E-state index in [1.165, 1.54) is 6.33 Å². The van der Waals surface area contributed by atoms with Crippen molar-refractivity contribution in [1.29, 1.82) is 0 Å². The number of nitrogens with zero attached hydrogens (tertiary/aromatic N) is 2. The van der Waals surface area contributed by atoms with Gasteiger partial charge in [0.2, 0.25) is 0 Å². The third-order valence-corrected chi connectivity index (χ3v) is 3.46. The Labute approximate surface area is 104 Å². The standard InChI is InChI=1S/C11H16ClN3O2/c12-9-10(13-7-14-11(9)17)15-5-1-3-8(15)4-2-6-16/h7-8,16H,1-6H2,(H,13,14,17). The molecule has 94 valence electrons. The minimum Gasteiger partial charge on any atom is -0.396 e. The molecule has 0 aromatic carbocycles. The van der Waals surface area contributed by atoms with Crippen LogP contribution in [0.1, 0.15) is 25.7 Å². The normalized spacial score (nSPS) is 19.9. The minimum atomic E-state index is -0.301. The fourth-order valence-electron chi connectivity index (χ4n) is 2.32. The van der Waals surface area contributed by atoms with Crippen molar-refractivity contribution in [3.63, 3.8) is 0 Å². The van der Waals surface area contributed by atoms with Gasteiger partial charge in [-0.05, 0) is 25.7 Å². The summed E-state index contributed by atoms with van der Waals surface area (Å²) in [6, 6.07) is 0.328. The molecule has 2 N–H and O–H groups in total. The molecule has 0 radical (unpaired) electrons. The molecular formula is C11H16ClN3O2. The highest BCUT2D eigenvalue weighted by Crippen LogP contribution is 2.29. The monoisotopic (exact) mass is 257 g/mol. The van der Waals surface area contributed by atoms with Crippen LogP contribution >= 0.6 is 11.6 Å². The van der Waals surface area contributed by atoms with Gasteiger partial charge in [-0.2, -0.15) is 0 Å². The second-order valence-electron chi connectivity index (χ2n) is 4.22. The summed E-state index contributed by atoms with van der Waals surface area (Å²) >= 11 is 5.98. The van der Waals surface area contributed by atoms with Gasteiger partial charge in [-0.15, -0.1) is 0 Å². The predicted molar refractivity (Wildman–Crippen MR) is 66.6 cm³/mol. The molecule has 0 spiro atoms. The van der Waals surface area contributed by atoms with E-state index in [-0.39, 0.29) is 17.2 Å². The van der Waals surface area contributed by atoms with Crippen LogP contribution < -0.4 is 10.5 Å². The summed E-state index contributed by atoms with van der Waals surface area (Å²) < 4.78 is 0. The van der Waals surface area contributed by atoms with E-state index >= 15 is 0 Å². The van der Waals surface area contributed by atoms with Crippen molar-refractivity contribution < 1.29 is 5.11 Å². The van der Waals surface area contributed by atoms with Gasteiger partial charge in [0.1, 0.15) is 5.02 Å². The number of aliphatic hydroxyl groups excluding tert-OH is 1. The molecule has 6 heteroatoms. The number of hydrogen-bond donors (Lipinski definition) is 2. The van der Waals surface area contributed by atoms with E-state index in [9.17, 15) is 4.79 Å². The Hall–Kier alpha value is -1.07. The van der Waals surface area contributed by atoms with Gasteiger partial charge < -0.3 is 15.0 Å². The Morgan fingerprint density at radius 3 is 3.24 bits per heavy atom. The Balaban J connectivity index is 2.20. The first-order valence-electron chi connectivity index (χ1n) is 5.84. The zero-order valence-electron chi connectivity index (χ0n) is 9.53. The summed E-state index contributed by atoms with van der Waals surface area (Å²) in [7, 11) is 0. The quantitative estimate of drug-likeness (QED) is 0.850. The zero-order valence-corrected chi connectivity index (χ0v) is 10.3. The molecule has 5 nitrogen and oxygen atoms in total. The smallest absolute Gasteiger partial charge is 0.271 e. The summed E-state index contributed by atoms with van der Waals surface area (Å²) in [5, 5.41) is 9.02. The van der Waals surface area contributed by atoms with Crippen molar-refractivity contribution in [2.75, 3.05) is 18.1 Å². The first kappa shape index (κ1) is 12.4. The summed E-state index contributed by atoms with van der Waals surface area (Å²) in [4.78, 5) is 20.1. The number of aromatic nitrogens is 2. The van der Waals surface area contributed by atoms with Crippen LogP contribution in [0.2, 0.25) is 5.02 Å². The second-order valence-corrected chi connectivity index (χ2v) is 4.60. The first-order valence-corrected chi connectivity index (χ1v) is 6.22. The average molecular weight is 258 g/mol. The summed E-state index contributed by atoms with van der Waals surface area (Å²) in [5.41, 5.74) is -0.301. The van der Waals surface area contributed by atoms with Gasteiger partial charge in [0.05, 0.1) is 6.33 Å². The van der Waals surface area contributed by atoms with E-state index in [0.717, 1.165) is 32.2 Å². The van der Waals surface area contributed by atoms with Crippen LogP contribution in [-0.4, -0.2) is 34.3 Å². The molecule has 1 aromatic heterocycles. The van der Waals surface area contributed by atoms with E-state index in [2.05, 4.69) is 14.9 Å². The number of rotatable bonds is 4. The Morgan fingerprint density at radius 1 is 1.65 bits per heavy atom. The van der Waals surface area contributed by atoms with E-state index < -0.39 is 0 Å². The Kier molecular flexibility index (Phi) is 4.02. The maximum absolute atomic E-state index is 11.4. The van der Waals surface area contributed by atoms with Crippen LogP contribution in [-0.2, 0) is 0 Å². The van der Waals surface area contributed by atoms with Crippen molar-refractivity contribution in [2.24, 2.45) is 0 Å². The lowest BCUT2D eigenvalue weighted by molar-refractivity contribution is 0.279. The van der Waals surface area contributed by atoms with E-state index in [1.807, 2.05) is 0 Å². The van der Waals surface area contributed by atoms with E-state index in [4.69, 9.17) is 16.7 Å². The maximum atomic E-state index is 11.4. The lowest BCUT2D eigenvalue weighted by Gasteiger charge is -2.25. The molecule has 1 unspecified atom stereocenters. The van der Waals surface area contributed by atoms with Gasteiger partial charge in [0.25, 0.3) is 5.56 Å². The molecular weight excluding hydrogens is 242 g/mol. The van der Waals surface area contributed by atoms with Crippen molar-refractivity contribution in [2.45, 2.75) is 31.7 Å². The molecule has 17 heavy (non-hydrogen) atoms. The third-order valence-electron chi connectivity index (χ3n) is 3.12. The fourth-order valence-corrected chi connectivity index (χ4v) is 2.53. The van der Waals surface area contributed by atoms with Crippen LogP contribution in [0.15, 0.2) is 11.1 Å². The average Bonchev–Trinajstić information content (AvgIpc) is 2.78. The molecule has 1 aliphatic heterocycles. The van der Waals surface area contributed by atoms with Gasteiger partial charge in [-0.25, -0.2) is 4.98 Å². The molecule has 1 fully saturated rings. The van der Waals surface area contributed by atoms with Crippen LogP contribution in [0, 0.1) is 0 Å². The number of H-pyrrole nitrogens is 1. The van der Waals surface area contributed by atoms with Gasteiger partial charge in [-0.3, -0.25) is 4.79 Å². The summed E-state index contributed by atoms with van der Waals surface area (Å²) in [6.07, 6.45) is 5.18. The Morgan fingerprint density at radius 2 is 2.47 bits per heavy atom. The molecule has 1 atom stereocenters. The van der Waals surface area contributed by atoms with Gasteiger partial charge in [0.15, 0.2) is 5.82 Å². The van der Waals surface area contributed by atoms with Crippen molar-refractivity contribution in [3.05, 3.63) is 21.7 Å². The van der Waals surface area contributed by atoms with Crippen molar-refractivity contribution in [1.82, 2.24) is 9.97 Å². The SMILES string of the molecule is O=c1[nH]cnc(N2CCCC2CCCO)c1Cl. The van der Waals surface area contributed by atoms with Crippen LogP contribution in [0.25, 0.3) is 0 Å². The highest BCUT2D eigenvalue weighted by atomic mass is 35.5. The van der Waals surface area contributed by atoms with Crippen molar-refractivity contribution >= 4 is 17.4 Å². The first-order chi connectivity index (χ1) is 8.24. The number of anilines is 1. The largest absolute Gasteiger partial charge is 0.396 e. The maximum Gasteiger partial charge on any atom is 0.271 e. The van der Waals surface area contributed by atoms with Crippen LogP contribution in [0.3, 0.4) is 0 Å². The molecule has 0 amide bonds. The van der Waals surface area contributed by atoms with E-state index in [1.54, 1.807) is 0 Å². The summed E-state index contributed by atoms with van der Waals surface area (Å²) in [5.74, 6) is 0.566. The van der Waals surface area contributed by atoms with Crippen LogP contribution in [0.5, 0.6) is 0 Å². The van der Waals surface area contributed by atoms with Crippen LogP contribution in [0.4, 0.5) is 5.82 Å². The number of aromatic amines is 1. The number of nitrogens with one attached hydrogen (secondary N) is 1. The highest BCUT2D eigenvalue weighted by molar-refractivity contribution is 6.32. The van der Waals surface area contributed by atoms with Gasteiger partial charge in [0, 0.05) is 19.2 Å². The fraction of sp³-hybridized carbons (Fsp3) is 0.636. The van der Waals surface area contributed by atoms with Gasteiger partial charge in [-0.1, -0.05) is 11.6 Å². The highest BCUT2D eigenvalue weighted by Gasteiger charge is 2.27. The molecule has 0 aliphatic carbocycles. The molecule has 1 aromatic rings. The number of aliphatic hydroxyl groups is 1. The molecule has 2 rings (SSSR count). The molecule has 0 saturated carbocycles. The second kappa shape index (κ2) is 5.51. The molecule has 1 saturated heterocycles. The topological polar surface area (TPSA) is 69.2 Å². The summed E-state index contributed by atoms with van der Waals surface area (Å²) in [6.45, 7) is 1.06. The number of halogens is 1. The zero-order chi connectivity index (χ0) is 12.3. The molecule has 0 bridgehead atoms. The Bertz CT molecular complexity index is 435. The van der Waals surface area contributed by atoms with Gasteiger partial charge >= 0.3 is 0 Å². The van der Waals surface area contributed by atoms with Crippen molar-refractivity contribution in [3.8, 4) is 0 Å². The third kappa shape index (κ3) is 2.61. The number of hydrogen-bond acceptors (Lipinski definition) is 4. The lowest BCUT2D eigenvalue weighted by Crippen LogP contribution is -2.31. The lowest BCUT2D eigenvalue weighted by atomic mass is 10.1. The van der Waals surface area contributed by atoms with E-state index in [0.29, 0.717) is 11.9 Å². The molecule has 1 aliphatic rings.